The lowest BCUT2D eigenvalue weighted by molar-refractivity contribution is -0.156. The van der Waals surface area contributed by atoms with Gasteiger partial charge in [0.05, 0.1) is 13.2 Å². The van der Waals surface area contributed by atoms with E-state index in [2.05, 4.69) is 5.32 Å². The molecule has 180 valence electrons. The molecule has 0 saturated carbocycles. The monoisotopic (exact) mass is 457 g/mol. The largest absolute Gasteiger partial charge is 0.493 e. The Hall–Kier alpha value is -3.06. The average molecular weight is 458 g/mol. The van der Waals surface area contributed by atoms with Gasteiger partial charge in [0.2, 0.25) is 0 Å². The third kappa shape index (κ3) is 9.95. The highest BCUT2D eigenvalue weighted by Gasteiger charge is 2.20. The Morgan fingerprint density at radius 2 is 1.48 bits per heavy atom. The van der Waals surface area contributed by atoms with Crippen LogP contribution in [0.5, 0.6) is 11.5 Å². The van der Waals surface area contributed by atoms with E-state index in [9.17, 15) is 9.59 Å². The molecular weight excluding hydrogens is 422 g/mol. The van der Waals surface area contributed by atoms with Gasteiger partial charge in [-0.15, -0.1) is 0 Å². The van der Waals surface area contributed by atoms with Crippen LogP contribution in [0.1, 0.15) is 45.7 Å². The van der Waals surface area contributed by atoms with Gasteiger partial charge in [-0.25, -0.2) is 9.59 Å². The van der Waals surface area contributed by atoms with Gasteiger partial charge in [0, 0.05) is 25.0 Å². The van der Waals surface area contributed by atoms with Gasteiger partial charge < -0.3 is 24.3 Å². The minimum Gasteiger partial charge on any atom is -0.493 e. The lowest BCUT2D eigenvalue weighted by atomic mass is 10.1. The molecule has 0 heterocycles. The average Bonchev–Trinajstić information content (AvgIpc) is 2.74. The minimum atomic E-state index is -0.604. The summed E-state index contributed by atoms with van der Waals surface area (Å²) in [5.74, 6) is 0.901. The van der Waals surface area contributed by atoms with E-state index in [0.29, 0.717) is 38.4 Å². The minimum absolute atomic E-state index is 0.331. The molecule has 1 unspecified atom stereocenters. The van der Waals surface area contributed by atoms with Gasteiger partial charge in [0.25, 0.3) is 0 Å². The molecule has 0 spiro atoms. The van der Waals surface area contributed by atoms with Crippen molar-refractivity contribution in [2.24, 2.45) is 0 Å². The highest BCUT2D eigenvalue weighted by molar-refractivity contribution is 5.75. The SMILES string of the molecule is CCOC(=O)C(Cc1ccc(OCCc2ccc(OC(=O)NC(C)(C)C)cc2)cc1)OCC. The second-order valence-corrected chi connectivity index (χ2v) is 8.55. The van der Waals surface area contributed by atoms with E-state index < -0.39 is 12.2 Å². The van der Waals surface area contributed by atoms with Crippen molar-refractivity contribution in [2.45, 2.75) is 59.1 Å². The van der Waals surface area contributed by atoms with Crippen LogP contribution >= 0.6 is 0 Å². The Kier molecular flexibility index (Phi) is 10.2. The third-order valence-electron chi connectivity index (χ3n) is 4.53. The number of rotatable bonds is 11. The highest BCUT2D eigenvalue weighted by atomic mass is 16.6. The molecule has 1 atom stereocenters. The second-order valence-electron chi connectivity index (χ2n) is 8.55. The van der Waals surface area contributed by atoms with E-state index in [4.69, 9.17) is 18.9 Å². The number of amides is 1. The zero-order chi connectivity index (χ0) is 24.3. The van der Waals surface area contributed by atoms with E-state index in [1.165, 1.54) is 0 Å². The summed E-state index contributed by atoms with van der Waals surface area (Å²) in [6.45, 7) is 10.6. The van der Waals surface area contributed by atoms with Gasteiger partial charge in [-0.1, -0.05) is 24.3 Å². The molecule has 0 aliphatic rings. The standard InChI is InChI=1S/C26H35NO6/c1-6-30-23(24(28)31-7-2)18-20-10-12-21(13-11-20)32-17-16-19-8-14-22(15-9-19)33-25(29)27-26(3,4)5/h8-15,23H,6-7,16-18H2,1-5H3,(H,27,29). The van der Waals surface area contributed by atoms with Crippen molar-refractivity contribution in [3.05, 3.63) is 59.7 Å². The molecule has 2 aromatic rings. The number of esters is 1. The molecule has 0 bridgehead atoms. The van der Waals surface area contributed by atoms with Gasteiger partial charge >= 0.3 is 12.1 Å². The Morgan fingerprint density at radius 3 is 2.06 bits per heavy atom. The first-order valence-corrected chi connectivity index (χ1v) is 11.3. The summed E-state index contributed by atoms with van der Waals surface area (Å²) >= 11 is 0. The van der Waals surface area contributed by atoms with Gasteiger partial charge in [0.15, 0.2) is 6.10 Å². The maximum absolute atomic E-state index is 12.0. The molecule has 1 N–H and O–H groups in total. The summed E-state index contributed by atoms with van der Waals surface area (Å²) in [7, 11) is 0. The van der Waals surface area contributed by atoms with Crippen molar-refractivity contribution in [1.29, 1.82) is 0 Å². The van der Waals surface area contributed by atoms with Crippen LogP contribution < -0.4 is 14.8 Å². The fourth-order valence-corrected chi connectivity index (χ4v) is 3.03. The Labute approximate surface area is 196 Å². The van der Waals surface area contributed by atoms with Crippen LogP contribution in [0.4, 0.5) is 4.79 Å². The zero-order valence-electron chi connectivity index (χ0n) is 20.2. The number of carbonyl (C=O) groups excluding carboxylic acids is 2. The third-order valence-corrected chi connectivity index (χ3v) is 4.53. The lowest BCUT2D eigenvalue weighted by Gasteiger charge is -2.19. The molecular formula is C26H35NO6. The number of ether oxygens (including phenoxy) is 4. The predicted molar refractivity (Wildman–Crippen MR) is 127 cm³/mol. The van der Waals surface area contributed by atoms with Crippen LogP contribution in [-0.4, -0.2) is 43.5 Å². The number of carbonyl (C=O) groups is 2. The van der Waals surface area contributed by atoms with Crippen molar-refractivity contribution in [3.8, 4) is 11.5 Å². The number of benzene rings is 2. The van der Waals surface area contributed by atoms with Gasteiger partial charge in [-0.2, -0.15) is 0 Å². The van der Waals surface area contributed by atoms with Crippen LogP contribution in [0.25, 0.3) is 0 Å². The summed E-state index contributed by atoms with van der Waals surface area (Å²) in [5, 5.41) is 2.76. The van der Waals surface area contributed by atoms with Gasteiger partial charge in [-0.3, -0.25) is 0 Å². The summed E-state index contributed by atoms with van der Waals surface area (Å²) in [4.78, 5) is 23.8. The number of hydrogen-bond donors (Lipinski definition) is 1. The predicted octanol–water partition coefficient (Wildman–Crippen LogP) is 4.71. The first-order valence-electron chi connectivity index (χ1n) is 11.3. The lowest BCUT2D eigenvalue weighted by Crippen LogP contribution is -2.42. The molecule has 1 amide bonds. The quantitative estimate of drug-likeness (QED) is 0.492. The smallest absolute Gasteiger partial charge is 0.413 e. The maximum atomic E-state index is 12.0. The summed E-state index contributed by atoms with van der Waals surface area (Å²) in [5.41, 5.74) is 1.70. The van der Waals surface area contributed by atoms with Crippen LogP contribution in [-0.2, 0) is 27.1 Å². The topological polar surface area (TPSA) is 83.1 Å². The summed E-state index contributed by atoms with van der Waals surface area (Å²) < 4.78 is 21.7. The van der Waals surface area contributed by atoms with E-state index in [1.54, 1.807) is 19.1 Å². The van der Waals surface area contributed by atoms with Crippen molar-refractivity contribution in [2.75, 3.05) is 19.8 Å². The fraction of sp³-hybridized carbons (Fsp3) is 0.462. The van der Waals surface area contributed by atoms with E-state index in [-0.39, 0.29) is 11.5 Å². The number of hydrogen-bond acceptors (Lipinski definition) is 6. The summed E-state index contributed by atoms with van der Waals surface area (Å²) in [6, 6.07) is 15.0. The molecule has 0 aliphatic heterocycles. The molecule has 2 aromatic carbocycles. The van der Waals surface area contributed by atoms with Crippen molar-refractivity contribution >= 4 is 12.1 Å². The number of nitrogens with one attached hydrogen (secondary N) is 1. The molecule has 2 rings (SSSR count). The van der Waals surface area contributed by atoms with Gasteiger partial charge in [-0.05, 0) is 70.0 Å². The molecule has 7 nitrogen and oxygen atoms in total. The fourth-order valence-electron chi connectivity index (χ4n) is 3.03. The van der Waals surface area contributed by atoms with E-state index in [0.717, 1.165) is 16.9 Å². The molecule has 33 heavy (non-hydrogen) atoms. The summed E-state index contributed by atoms with van der Waals surface area (Å²) in [6.07, 6.45) is 0.0887. The van der Waals surface area contributed by atoms with Crippen molar-refractivity contribution < 1.29 is 28.5 Å². The van der Waals surface area contributed by atoms with Crippen molar-refractivity contribution in [3.63, 3.8) is 0 Å². The van der Waals surface area contributed by atoms with Gasteiger partial charge in [0.1, 0.15) is 11.5 Å². The van der Waals surface area contributed by atoms with E-state index in [1.807, 2.05) is 64.1 Å². The molecule has 0 saturated heterocycles. The Morgan fingerprint density at radius 1 is 0.879 bits per heavy atom. The Bertz CT molecular complexity index is 871. The van der Waals surface area contributed by atoms with Crippen LogP contribution in [0.2, 0.25) is 0 Å². The molecule has 0 radical (unpaired) electrons. The second kappa shape index (κ2) is 12.8. The first kappa shape index (κ1) is 26.2. The van der Waals surface area contributed by atoms with Crippen LogP contribution in [0.15, 0.2) is 48.5 Å². The molecule has 0 fully saturated rings. The first-order chi connectivity index (χ1) is 15.7. The zero-order valence-corrected chi connectivity index (χ0v) is 20.2. The van der Waals surface area contributed by atoms with Crippen LogP contribution in [0, 0.1) is 0 Å². The highest BCUT2D eigenvalue weighted by Crippen LogP contribution is 2.17. The molecule has 0 aliphatic carbocycles. The molecule has 0 aromatic heterocycles. The van der Waals surface area contributed by atoms with Crippen LogP contribution in [0.3, 0.4) is 0 Å². The maximum Gasteiger partial charge on any atom is 0.413 e. The normalized spacial score (nSPS) is 12.0. The van der Waals surface area contributed by atoms with Crippen molar-refractivity contribution in [1.82, 2.24) is 5.32 Å². The van der Waals surface area contributed by atoms with E-state index >= 15 is 0 Å². The Balaban J connectivity index is 1.80. The molecule has 7 heteroatoms.